The number of hydrogen-bond donors (Lipinski definition) is 0. The molecule has 0 amide bonds. The molecule has 0 heterocycles. The molecule has 0 fully saturated rings. The van der Waals surface area contributed by atoms with Crippen LogP contribution in [0, 0.1) is 5.82 Å². The topological polar surface area (TPSA) is 9.23 Å². The molecule has 0 spiro atoms. The van der Waals surface area contributed by atoms with Gasteiger partial charge in [0.1, 0.15) is 12.4 Å². The molecule has 0 atom stereocenters. The lowest BCUT2D eigenvalue weighted by Gasteiger charge is -2.15. The third kappa shape index (κ3) is 4.23. The molecular formula is C10H8BrF5O. The molecule has 17 heavy (non-hydrogen) atoms. The molecular weight excluding hydrogens is 311 g/mol. The summed E-state index contributed by atoms with van der Waals surface area (Å²) in [5.74, 6) is -4.68. The summed E-state index contributed by atoms with van der Waals surface area (Å²) in [6.45, 7) is -1.68. The first-order chi connectivity index (χ1) is 7.83. The maximum absolute atomic E-state index is 12.7. The van der Waals surface area contributed by atoms with E-state index in [1.54, 1.807) is 0 Å². The van der Waals surface area contributed by atoms with Gasteiger partial charge in [-0.15, -0.1) is 0 Å². The molecule has 1 aromatic carbocycles. The zero-order valence-electron chi connectivity index (χ0n) is 8.40. The minimum atomic E-state index is -4.17. The smallest absolute Gasteiger partial charge is 0.330 e. The standard InChI is InChI=1S/C10H8BrF5O/c11-8-3-7(12)2-1-6(8)4-17-5-10(15,16)9(13)14/h1-3,9H,4-5H2. The minimum Gasteiger partial charge on any atom is -0.370 e. The van der Waals surface area contributed by atoms with Gasteiger partial charge in [0.15, 0.2) is 0 Å². The number of halogens is 6. The largest absolute Gasteiger partial charge is 0.370 e. The van der Waals surface area contributed by atoms with Gasteiger partial charge < -0.3 is 4.74 Å². The van der Waals surface area contributed by atoms with Crippen molar-refractivity contribution in [3.8, 4) is 0 Å². The van der Waals surface area contributed by atoms with Gasteiger partial charge in [-0.2, -0.15) is 8.78 Å². The van der Waals surface area contributed by atoms with Crippen LogP contribution in [0.5, 0.6) is 0 Å². The average molecular weight is 319 g/mol. The number of hydrogen-bond acceptors (Lipinski definition) is 1. The maximum atomic E-state index is 12.7. The van der Waals surface area contributed by atoms with Gasteiger partial charge in [0, 0.05) is 4.47 Å². The molecule has 1 rings (SSSR count). The fourth-order valence-corrected chi connectivity index (χ4v) is 1.46. The summed E-state index contributed by atoms with van der Waals surface area (Å²) in [5.41, 5.74) is 0.400. The second-order valence-corrected chi connectivity index (χ2v) is 4.14. The predicted molar refractivity (Wildman–Crippen MR) is 54.7 cm³/mol. The van der Waals surface area contributed by atoms with Gasteiger partial charge in [-0.1, -0.05) is 22.0 Å². The van der Waals surface area contributed by atoms with Crippen molar-refractivity contribution in [3.05, 3.63) is 34.1 Å². The molecule has 1 aromatic rings. The Labute approximate surface area is 103 Å². The summed E-state index contributed by atoms with van der Waals surface area (Å²) < 4.78 is 66.0. The average Bonchev–Trinajstić information content (AvgIpc) is 2.21. The molecule has 0 N–H and O–H groups in total. The van der Waals surface area contributed by atoms with E-state index in [0.29, 0.717) is 10.0 Å². The first kappa shape index (κ1) is 14.4. The van der Waals surface area contributed by atoms with Gasteiger partial charge in [-0.05, 0) is 17.7 Å². The Morgan fingerprint density at radius 1 is 1.29 bits per heavy atom. The Hall–Kier alpha value is -0.690. The monoisotopic (exact) mass is 318 g/mol. The van der Waals surface area contributed by atoms with Gasteiger partial charge in [0.05, 0.1) is 6.61 Å². The highest BCUT2D eigenvalue weighted by atomic mass is 79.9. The lowest BCUT2D eigenvalue weighted by Crippen LogP contribution is -2.32. The lowest BCUT2D eigenvalue weighted by atomic mass is 10.2. The molecule has 0 aliphatic rings. The van der Waals surface area contributed by atoms with Crippen molar-refractivity contribution >= 4 is 15.9 Å². The van der Waals surface area contributed by atoms with Crippen molar-refractivity contribution in [1.82, 2.24) is 0 Å². The molecule has 0 aromatic heterocycles. The molecule has 96 valence electrons. The molecule has 0 radical (unpaired) electrons. The summed E-state index contributed by atoms with van der Waals surface area (Å²) in [6.07, 6.45) is -3.76. The first-order valence-electron chi connectivity index (χ1n) is 4.50. The van der Waals surface area contributed by atoms with Crippen LogP contribution in [-0.4, -0.2) is 19.0 Å². The van der Waals surface area contributed by atoms with E-state index in [-0.39, 0.29) is 6.61 Å². The second-order valence-electron chi connectivity index (χ2n) is 3.29. The van der Waals surface area contributed by atoms with Crippen molar-refractivity contribution in [1.29, 1.82) is 0 Å². The third-order valence-electron chi connectivity index (χ3n) is 1.89. The van der Waals surface area contributed by atoms with E-state index in [1.165, 1.54) is 6.07 Å². The number of rotatable bonds is 5. The van der Waals surface area contributed by atoms with Crippen molar-refractivity contribution in [2.24, 2.45) is 0 Å². The first-order valence-corrected chi connectivity index (χ1v) is 5.30. The van der Waals surface area contributed by atoms with Crippen LogP contribution < -0.4 is 0 Å². The highest BCUT2D eigenvalue weighted by Gasteiger charge is 2.40. The van der Waals surface area contributed by atoms with Crippen molar-refractivity contribution in [2.45, 2.75) is 19.0 Å². The summed E-state index contributed by atoms with van der Waals surface area (Å²) in [6, 6.07) is 3.57. The van der Waals surface area contributed by atoms with Gasteiger partial charge >= 0.3 is 12.3 Å². The van der Waals surface area contributed by atoms with E-state index < -0.39 is 24.8 Å². The Balaban J connectivity index is 2.51. The summed E-state index contributed by atoms with van der Waals surface area (Å²) >= 11 is 3.00. The molecule has 0 saturated heterocycles. The molecule has 0 aliphatic carbocycles. The Bertz CT molecular complexity index is 383. The molecule has 0 bridgehead atoms. The third-order valence-corrected chi connectivity index (χ3v) is 2.62. The van der Waals surface area contributed by atoms with Crippen molar-refractivity contribution < 1.29 is 26.7 Å². The van der Waals surface area contributed by atoms with Gasteiger partial charge in [0.25, 0.3) is 0 Å². The van der Waals surface area contributed by atoms with E-state index in [2.05, 4.69) is 20.7 Å². The van der Waals surface area contributed by atoms with E-state index in [0.717, 1.165) is 12.1 Å². The van der Waals surface area contributed by atoms with Crippen LogP contribution in [-0.2, 0) is 11.3 Å². The Morgan fingerprint density at radius 2 is 1.94 bits per heavy atom. The summed E-state index contributed by atoms with van der Waals surface area (Å²) in [4.78, 5) is 0. The van der Waals surface area contributed by atoms with E-state index in [4.69, 9.17) is 0 Å². The van der Waals surface area contributed by atoms with Gasteiger partial charge in [-0.3, -0.25) is 0 Å². The number of benzene rings is 1. The van der Waals surface area contributed by atoms with Gasteiger partial charge in [0.2, 0.25) is 0 Å². The minimum absolute atomic E-state index is 0.302. The molecule has 7 heteroatoms. The fourth-order valence-electron chi connectivity index (χ4n) is 0.999. The lowest BCUT2D eigenvalue weighted by molar-refractivity contribution is -0.168. The molecule has 1 nitrogen and oxygen atoms in total. The maximum Gasteiger partial charge on any atom is 0.330 e. The van der Waals surface area contributed by atoms with Crippen LogP contribution in [0.4, 0.5) is 22.0 Å². The second kappa shape index (κ2) is 5.77. The summed E-state index contributed by atoms with van der Waals surface area (Å²) in [7, 11) is 0. The number of ether oxygens (including phenoxy) is 1. The number of alkyl halides is 4. The predicted octanol–water partition coefficient (Wildman–Crippen LogP) is 4.01. The van der Waals surface area contributed by atoms with E-state index >= 15 is 0 Å². The Kier molecular flexibility index (Phi) is 4.88. The molecule has 0 unspecified atom stereocenters. The van der Waals surface area contributed by atoms with Crippen LogP contribution in [0.15, 0.2) is 22.7 Å². The highest BCUT2D eigenvalue weighted by Crippen LogP contribution is 2.24. The zero-order chi connectivity index (χ0) is 13.1. The van der Waals surface area contributed by atoms with Gasteiger partial charge in [-0.25, -0.2) is 13.2 Å². The van der Waals surface area contributed by atoms with Crippen molar-refractivity contribution in [2.75, 3.05) is 6.61 Å². The van der Waals surface area contributed by atoms with Crippen LogP contribution in [0.1, 0.15) is 5.56 Å². The normalized spacial score (nSPS) is 12.2. The SMILES string of the molecule is Fc1ccc(COCC(F)(F)C(F)F)c(Br)c1. The Morgan fingerprint density at radius 3 is 2.47 bits per heavy atom. The van der Waals surface area contributed by atoms with Crippen LogP contribution in [0.25, 0.3) is 0 Å². The zero-order valence-corrected chi connectivity index (χ0v) is 9.99. The highest BCUT2D eigenvalue weighted by molar-refractivity contribution is 9.10. The summed E-state index contributed by atoms with van der Waals surface area (Å²) in [5, 5.41) is 0. The quantitative estimate of drug-likeness (QED) is 0.745. The fraction of sp³-hybridized carbons (Fsp3) is 0.400. The molecule has 0 saturated carbocycles. The molecule has 0 aliphatic heterocycles. The van der Waals surface area contributed by atoms with Crippen LogP contribution in [0.3, 0.4) is 0 Å². The van der Waals surface area contributed by atoms with Crippen molar-refractivity contribution in [3.63, 3.8) is 0 Å². The van der Waals surface area contributed by atoms with E-state index in [9.17, 15) is 22.0 Å². The van der Waals surface area contributed by atoms with Crippen LogP contribution in [0.2, 0.25) is 0 Å². The van der Waals surface area contributed by atoms with Crippen LogP contribution >= 0.6 is 15.9 Å². The van der Waals surface area contributed by atoms with E-state index in [1.807, 2.05) is 0 Å².